The molecule has 1 aliphatic rings. The number of benzene rings is 2. The van der Waals surface area contributed by atoms with Crippen LogP contribution in [0, 0.1) is 4.91 Å². The number of aryl methyl sites for hydroxylation is 1. The Balaban J connectivity index is 1.64. The van der Waals surface area contributed by atoms with Crippen LogP contribution in [0.3, 0.4) is 0 Å². The predicted octanol–water partition coefficient (Wildman–Crippen LogP) is 7.03. The number of nitroso groups, excluding NO2 is 1. The number of hydrogen-bond acceptors (Lipinski definition) is 5. The van der Waals surface area contributed by atoms with E-state index in [0.29, 0.717) is 29.9 Å². The third kappa shape index (κ3) is 8.21. The number of carbonyl (C=O) groups is 1. The van der Waals surface area contributed by atoms with E-state index < -0.39 is 17.6 Å². The molecule has 1 amide bonds. The zero-order chi connectivity index (χ0) is 26.8. The number of nitrogens with one attached hydrogen (secondary N) is 1. The van der Waals surface area contributed by atoms with Crippen LogP contribution in [0.15, 0.2) is 46.7 Å². The van der Waals surface area contributed by atoms with Crippen molar-refractivity contribution in [3.8, 4) is 0 Å². The van der Waals surface area contributed by atoms with Gasteiger partial charge >= 0.3 is 6.18 Å². The second-order valence-electron chi connectivity index (χ2n) is 9.45. The summed E-state index contributed by atoms with van der Waals surface area (Å²) in [5, 5.41) is 9.59. The van der Waals surface area contributed by atoms with Crippen LogP contribution in [0.4, 0.5) is 13.2 Å². The molecule has 0 unspecified atom stereocenters. The monoisotopic (exact) mass is 517 g/mol. The average molecular weight is 518 g/mol. The lowest BCUT2D eigenvalue weighted by atomic mass is 9.81. The summed E-state index contributed by atoms with van der Waals surface area (Å²) >= 11 is 0. The lowest BCUT2D eigenvalue weighted by molar-refractivity contribution is -0.138. The van der Waals surface area contributed by atoms with Crippen molar-refractivity contribution in [2.45, 2.75) is 84.0 Å². The summed E-state index contributed by atoms with van der Waals surface area (Å²) in [4.78, 5) is 26.6. The Bertz CT molecular complexity index is 1110. The van der Waals surface area contributed by atoms with Crippen molar-refractivity contribution in [1.82, 2.24) is 5.32 Å². The summed E-state index contributed by atoms with van der Waals surface area (Å²) in [5.74, 6) is -0.726. The van der Waals surface area contributed by atoms with Crippen molar-refractivity contribution in [1.29, 1.82) is 0 Å². The molecule has 2 aromatic carbocycles. The number of oxime groups is 1. The van der Waals surface area contributed by atoms with E-state index in [4.69, 9.17) is 4.84 Å². The van der Waals surface area contributed by atoms with Gasteiger partial charge in [0.15, 0.2) is 0 Å². The highest BCUT2D eigenvalue weighted by atomic mass is 19.4. The van der Waals surface area contributed by atoms with E-state index in [1.165, 1.54) is 6.07 Å². The molecule has 1 N–H and O–H groups in total. The molecule has 1 fully saturated rings. The third-order valence-electron chi connectivity index (χ3n) is 6.84. The molecule has 0 aliphatic heterocycles. The molecule has 3 rings (SSSR count). The van der Waals surface area contributed by atoms with Crippen LogP contribution >= 0.6 is 0 Å². The summed E-state index contributed by atoms with van der Waals surface area (Å²) in [6.45, 7) is 4.77. The fourth-order valence-electron chi connectivity index (χ4n) is 4.79. The molecule has 1 saturated carbocycles. The smallest absolute Gasteiger partial charge is 0.391 e. The molecule has 9 heteroatoms. The summed E-state index contributed by atoms with van der Waals surface area (Å²) in [5.41, 5.74) is 3.65. The minimum atomic E-state index is -4.42. The summed E-state index contributed by atoms with van der Waals surface area (Å²) in [6, 6.07) is 10.4. The minimum absolute atomic E-state index is 0.0466. The number of rotatable bonds is 11. The van der Waals surface area contributed by atoms with Gasteiger partial charge in [-0.1, -0.05) is 61.7 Å². The van der Waals surface area contributed by atoms with Gasteiger partial charge in [0, 0.05) is 24.7 Å². The second-order valence-corrected chi connectivity index (χ2v) is 9.45. The van der Waals surface area contributed by atoms with Gasteiger partial charge < -0.3 is 10.2 Å². The maximum absolute atomic E-state index is 13.9. The molecule has 37 heavy (non-hydrogen) atoms. The first kappa shape index (κ1) is 28.5. The van der Waals surface area contributed by atoms with Crippen LogP contribution in [0.1, 0.15) is 91.7 Å². The average Bonchev–Trinajstić information content (AvgIpc) is 2.90. The highest BCUT2D eigenvalue weighted by Gasteiger charge is 2.36. The Morgan fingerprint density at radius 3 is 2.51 bits per heavy atom. The van der Waals surface area contributed by atoms with Gasteiger partial charge in [-0.05, 0) is 66.0 Å². The second kappa shape index (κ2) is 13.5. The van der Waals surface area contributed by atoms with Crippen LogP contribution in [-0.4, -0.2) is 18.2 Å². The molecule has 1 aliphatic carbocycles. The summed E-state index contributed by atoms with van der Waals surface area (Å²) in [6.07, 6.45) is 1.04. The SMILES string of the molecule is CCc1cc(CO/N=C(\C)c2ccc(C3CCCCC3)c(C(F)(F)F)c2)ccc1CNCCC(=O)N=O. The van der Waals surface area contributed by atoms with Crippen LogP contribution in [0.25, 0.3) is 0 Å². The molecule has 0 saturated heterocycles. The van der Waals surface area contributed by atoms with Gasteiger partial charge in [0.1, 0.15) is 6.61 Å². The Morgan fingerprint density at radius 1 is 1.08 bits per heavy atom. The highest BCUT2D eigenvalue weighted by molar-refractivity contribution is 5.98. The highest BCUT2D eigenvalue weighted by Crippen LogP contribution is 2.41. The minimum Gasteiger partial charge on any atom is -0.391 e. The van der Waals surface area contributed by atoms with Crippen molar-refractivity contribution < 1.29 is 22.8 Å². The van der Waals surface area contributed by atoms with Crippen molar-refractivity contribution in [3.63, 3.8) is 0 Å². The van der Waals surface area contributed by atoms with E-state index in [1.807, 2.05) is 25.1 Å². The molecule has 0 radical (unpaired) electrons. The summed E-state index contributed by atoms with van der Waals surface area (Å²) in [7, 11) is 0. The molecule has 0 aromatic heterocycles. The molecule has 0 spiro atoms. The zero-order valence-corrected chi connectivity index (χ0v) is 21.4. The van der Waals surface area contributed by atoms with Crippen molar-refractivity contribution in [2.75, 3.05) is 6.54 Å². The first-order chi connectivity index (χ1) is 17.7. The van der Waals surface area contributed by atoms with Crippen LogP contribution in [-0.2, 0) is 35.4 Å². The standard InChI is InChI=1S/C28H34F3N3O3/c1-3-21-15-20(9-10-24(21)17-32-14-13-27(35)33-36)18-37-34-19(2)23-11-12-25(22-7-5-4-6-8-22)26(16-23)28(29,30)31/h9-12,15-16,22,32H,3-8,13-14,17-18H2,1-2H3/b34-19+. The van der Waals surface area contributed by atoms with E-state index in [0.717, 1.165) is 55.2 Å². The predicted molar refractivity (Wildman–Crippen MR) is 137 cm³/mol. The fraction of sp³-hybridized carbons (Fsp3) is 0.500. The first-order valence-electron chi connectivity index (χ1n) is 12.8. The normalized spacial score (nSPS) is 15.0. The van der Waals surface area contributed by atoms with Gasteiger partial charge in [-0.25, -0.2) is 0 Å². The van der Waals surface area contributed by atoms with Gasteiger partial charge in [-0.3, -0.25) is 4.79 Å². The van der Waals surface area contributed by atoms with E-state index in [-0.39, 0.29) is 18.9 Å². The van der Waals surface area contributed by atoms with Gasteiger partial charge in [0.05, 0.1) is 11.3 Å². The topological polar surface area (TPSA) is 80.1 Å². The quantitative estimate of drug-likeness (QED) is 0.150. The Morgan fingerprint density at radius 2 is 1.84 bits per heavy atom. The van der Waals surface area contributed by atoms with E-state index in [1.54, 1.807) is 19.1 Å². The molecule has 0 atom stereocenters. The molecule has 200 valence electrons. The molecular weight excluding hydrogens is 483 g/mol. The lowest BCUT2D eigenvalue weighted by Gasteiger charge is -2.25. The Hall–Kier alpha value is -3.07. The van der Waals surface area contributed by atoms with Gasteiger partial charge in [0.2, 0.25) is 0 Å². The first-order valence-corrected chi connectivity index (χ1v) is 12.8. The maximum atomic E-state index is 13.9. The Kier molecular flexibility index (Phi) is 10.4. The molecule has 0 heterocycles. The Labute approximate surface area is 215 Å². The van der Waals surface area contributed by atoms with Gasteiger partial charge in [-0.2, -0.15) is 13.2 Å². The van der Waals surface area contributed by atoms with Gasteiger partial charge in [-0.15, -0.1) is 4.91 Å². The zero-order valence-electron chi connectivity index (χ0n) is 21.4. The van der Waals surface area contributed by atoms with Crippen molar-refractivity contribution >= 4 is 11.6 Å². The number of hydrogen-bond donors (Lipinski definition) is 1. The number of halogens is 3. The molecule has 6 nitrogen and oxygen atoms in total. The number of alkyl halides is 3. The molecule has 0 bridgehead atoms. The largest absolute Gasteiger partial charge is 0.416 e. The van der Waals surface area contributed by atoms with Crippen LogP contribution in [0.5, 0.6) is 0 Å². The van der Waals surface area contributed by atoms with Crippen LogP contribution in [0.2, 0.25) is 0 Å². The van der Waals surface area contributed by atoms with E-state index in [2.05, 4.69) is 15.6 Å². The lowest BCUT2D eigenvalue weighted by Crippen LogP contribution is -2.18. The van der Waals surface area contributed by atoms with Crippen LogP contribution < -0.4 is 5.32 Å². The molecular formula is C28H34F3N3O3. The van der Waals surface area contributed by atoms with E-state index >= 15 is 0 Å². The van der Waals surface area contributed by atoms with Crippen molar-refractivity contribution in [2.24, 2.45) is 10.3 Å². The molecule has 2 aromatic rings. The van der Waals surface area contributed by atoms with Crippen molar-refractivity contribution in [3.05, 3.63) is 74.7 Å². The van der Waals surface area contributed by atoms with E-state index in [9.17, 15) is 22.9 Å². The third-order valence-corrected chi connectivity index (χ3v) is 6.84. The number of carbonyl (C=O) groups excluding carboxylic acids is 1. The summed E-state index contributed by atoms with van der Waals surface area (Å²) < 4.78 is 41.6. The number of amides is 1. The number of nitrogens with zero attached hydrogens (tertiary/aromatic N) is 2. The fourth-order valence-corrected chi connectivity index (χ4v) is 4.79. The van der Waals surface area contributed by atoms with Gasteiger partial charge in [0.25, 0.3) is 5.91 Å². The maximum Gasteiger partial charge on any atom is 0.416 e.